The molecule has 0 aliphatic carbocycles. The number of carbonyl (C=O) groups is 1. The van der Waals surface area contributed by atoms with Gasteiger partial charge in [0.1, 0.15) is 5.78 Å². The van der Waals surface area contributed by atoms with E-state index in [-0.39, 0.29) is 5.78 Å². The zero-order valence-corrected chi connectivity index (χ0v) is 10.9. The highest BCUT2D eigenvalue weighted by Crippen LogP contribution is 2.24. The molecule has 3 heteroatoms. The fourth-order valence-corrected chi connectivity index (χ4v) is 2.14. The third-order valence-electron chi connectivity index (χ3n) is 2.03. The minimum Gasteiger partial charge on any atom is -0.385 e. The monoisotopic (exact) mass is 237 g/mol. The van der Waals surface area contributed by atoms with Crippen molar-refractivity contribution >= 4 is 23.2 Å². The van der Waals surface area contributed by atoms with E-state index in [2.05, 4.69) is 43.4 Å². The fourth-order valence-electron chi connectivity index (χ4n) is 1.31. The van der Waals surface area contributed by atoms with Gasteiger partial charge in [0.05, 0.1) is 0 Å². The number of anilines is 1. The quantitative estimate of drug-likeness (QED) is 0.767. The second-order valence-corrected chi connectivity index (χ2v) is 5.72. The first-order chi connectivity index (χ1) is 7.58. The molecule has 0 atom stereocenters. The Balaban J connectivity index is 2.42. The Bertz CT molecular complexity index is 332. The molecular weight excluding hydrogens is 218 g/mol. The Kier molecular flexibility index (Phi) is 5.39. The summed E-state index contributed by atoms with van der Waals surface area (Å²) in [6.07, 6.45) is 0.586. The van der Waals surface area contributed by atoms with Crippen molar-refractivity contribution < 1.29 is 4.79 Å². The topological polar surface area (TPSA) is 29.1 Å². The molecule has 0 heterocycles. The highest BCUT2D eigenvalue weighted by atomic mass is 32.2. The highest BCUT2D eigenvalue weighted by molar-refractivity contribution is 7.99. The van der Waals surface area contributed by atoms with E-state index in [1.807, 2.05) is 11.8 Å². The second kappa shape index (κ2) is 6.59. The smallest absolute Gasteiger partial charge is 0.131 e. The molecule has 1 N–H and O–H groups in total. The molecule has 1 aromatic carbocycles. The predicted molar refractivity (Wildman–Crippen MR) is 71.2 cm³/mol. The summed E-state index contributed by atoms with van der Waals surface area (Å²) in [5, 5.41) is 3.83. The van der Waals surface area contributed by atoms with Crippen LogP contribution in [-0.2, 0) is 4.79 Å². The maximum atomic E-state index is 10.8. The SMILES string of the molecule is CC(=O)CCNc1ccc(SC(C)C)cc1. The van der Waals surface area contributed by atoms with E-state index in [0.717, 1.165) is 5.69 Å². The summed E-state index contributed by atoms with van der Waals surface area (Å²) in [7, 11) is 0. The third-order valence-corrected chi connectivity index (χ3v) is 3.05. The van der Waals surface area contributed by atoms with Gasteiger partial charge in [0, 0.05) is 28.8 Å². The van der Waals surface area contributed by atoms with Crippen molar-refractivity contribution in [2.45, 2.75) is 37.3 Å². The summed E-state index contributed by atoms with van der Waals surface area (Å²) in [6, 6.07) is 8.34. The van der Waals surface area contributed by atoms with Crippen LogP contribution in [0.3, 0.4) is 0 Å². The number of benzene rings is 1. The van der Waals surface area contributed by atoms with Crippen molar-refractivity contribution in [1.82, 2.24) is 0 Å². The normalized spacial score (nSPS) is 10.5. The highest BCUT2D eigenvalue weighted by Gasteiger charge is 1.98. The minimum atomic E-state index is 0.222. The number of rotatable bonds is 6. The van der Waals surface area contributed by atoms with E-state index < -0.39 is 0 Å². The fraction of sp³-hybridized carbons (Fsp3) is 0.462. The van der Waals surface area contributed by atoms with Crippen molar-refractivity contribution in [3.63, 3.8) is 0 Å². The van der Waals surface area contributed by atoms with Gasteiger partial charge in [-0.3, -0.25) is 4.79 Å². The molecule has 0 unspecified atom stereocenters. The number of ketones is 1. The van der Waals surface area contributed by atoms with Gasteiger partial charge in [-0.15, -0.1) is 11.8 Å². The van der Waals surface area contributed by atoms with Crippen LogP contribution in [0.15, 0.2) is 29.2 Å². The first kappa shape index (κ1) is 13.1. The lowest BCUT2D eigenvalue weighted by atomic mass is 10.3. The molecule has 1 aromatic rings. The van der Waals surface area contributed by atoms with Gasteiger partial charge in [-0.25, -0.2) is 0 Å². The van der Waals surface area contributed by atoms with Gasteiger partial charge in [-0.1, -0.05) is 13.8 Å². The van der Waals surface area contributed by atoms with Crippen molar-refractivity contribution in [3.8, 4) is 0 Å². The van der Waals surface area contributed by atoms with E-state index in [4.69, 9.17) is 0 Å². The summed E-state index contributed by atoms with van der Waals surface area (Å²) < 4.78 is 0. The number of thioether (sulfide) groups is 1. The number of nitrogens with one attached hydrogen (secondary N) is 1. The van der Waals surface area contributed by atoms with Gasteiger partial charge in [0.2, 0.25) is 0 Å². The Hall–Kier alpha value is -0.960. The molecule has 0 aromatic heterocycles. The Morgan fingerprint density at radius 2 is 1.94 bits per heavy atom. The van der Waals surface area contributed by atoms with Crippen molar-refractivity contribution in [3.05, 3.63) is 24.3 Å². The van der Waals surface area contributed by atoms with Gasteiger partial charge < -0.3 is 5.32 Å². The molecular formula is C13H19NOS. The molecule has 0 saturated carbocycles. The van der Waals surface area contributed by atoms with Crippen LogP contribution in [-0.4, -0.2) is 17.6 Å². The van der Waals surface area contributed by atoms with Crippen LogP contribution in [0, 0.1) is 0 Å². The molecule has 1 rings (SSSR count). The van der Waals surface area contributed by atoms with E-state index in [0.29, 0.717) is 18.2 Å². The predicted octanol–water partition coefficient (Wildman–Crippen LogP) is 3.58. The molecule has 0 radical (unpaired) electrons. The second-order valence-electron chi connectivity index (χ2n) is 4.07. The molecule has 88 valence electrons. The maximum absolute atomic E-state index is 10.8. The summed E-state index contributed by atoms with van der Waals surface area (Å²) >= 11 is 1.85. The Morgan fingerprint density at radius 3 is 2.44 bits per heavy atom. The molecule has 2 nitrogen and oxygen atoms in total. The summed E-state index contributed by atoms with van der Waals surface area (Å²) in [6.45, 7) is 6.70. The van der Waals surface area contributed by atoms with E-state index in [1.54, 1.807) is 6.92 Å². The standard InChI is InChI=1S/C13H19NOS/c1-10(2)16-13-6-4-12(5-7-13)14-9-8-11(3)15/h4-7,10,14H,8-9H2,1-3H3. The molecule has 16 heavy (non-hydrogen) atoms. The lowest BCUT2D eigenvalue weighted by Crippen LogP contribution is -2.05. The van der Waals surface area contributed by atoms with Crippen LogP contribution >= 0.6 is 11.8 Å². The summed E-state index contributed by atoms with van der Waals surface area (Å²) in [4.78, 5) is 12.1. The van der Waals surface area contributed by atoms with E-state index >= 15 is 0 Å². The number of carbonyl (C=O) groups excluding carboxylic acids is 1. The minimum absolute atomic E-state index is 0.222. The van der Waals surface area contributed by atoms with Gasteiger partial charge in [0.25, 0.3) is 0 Å². The number of hydrogen-bond acceptors (Lipinski definition) is 3. The molecule has 0 spiro atoms. The molecule has 0 aliphatic rings. The average Bonchev–Trinajstić information content (AvgIpc) is 2.19. The van der Waals surface area contributed by atoms with Crippen LogP contribution in [0.5, 0.6) is 0 Å². The molecule has 0 fully saturated rings. The van der Waals surface area contributed by atoms with Crippen molar-refractivity contribution in [2.24, 2.45) is 0 Å². The number of hydrogen-bond donors (Lipinski definition) is 1. The van der Waals surface area contributed by atoms with Crippen molar-refractivity contribution in [2.75, 3.05) is 11.9 Å². The molecule has 0 aliphatic heterocycles. The van der Waals surface area contributed by atoms with Gasteiger partial charge in [-0.05, 0) is 31.2 Å². The van der Waals surface area contributed by atoms with Crippen LogP contribution in [0.1, 0.15) is 27.2 Å². The molecule has 0 saturated heterocycles. The molecule has 0 amide bonds. The Morgan fingerprint density at radius 1 is 1.31 bits per heavy atom. The van der Waals surface area contributed by atoms with Gasteiger partial charge in [-0.2, -0.15) is 0 Å². The van der Waals surface area contributed by atoms with E-state index in [9.17, 15) is 4.79 Å². The van der Waals surface area contributed by atoms with Crippen LogP contribution in [0.2, 0.25) is 0 Å². The van der Waals surface area contributed by atoms with Crippen molar-refractivity contribution in [1.29, 1.82) is 0 Å². The first-order valence-electron chi connectivity index (χ1n) is 5.58. The largest absolute Gasteiger partial charge is 0.385 e. The van der Waals surface area contributed by atoms with Crippen LogP contribution in [0.4, 0.5) is 5.69 Å². The first-order valence-corrected chi connectivity index (χ1v) is 6.46. The van der Waals surface area contributed by atoms with Gasteiger partial charge in [0.15, 0.2) is 0 Å². The Labute approximate surface area is 102 Å². The maximum Gasteiger partial charge on any atom is 0.131 e. The summed E-state index contributed by atoms with van der Waals surface area (Å²) in [5.41, 5.74) is 1.08. The van der Waals surface area contributed by atoms with Crippen LogP contribution < -0.4 is 5.32 Å². The zero-order valence-electron chi connectivity index (χ0n) is 10.1. The lowest BCUT2D eigenvalue weighted by molar-refractivity contribution is -0.116. The number of Topliss-reactive ketones (excluding diaryl/α,β-unsaturated/α-hetero) is 1. The van der Waals surface area contributed by atoms with Gasteiger partial charge >= 0.3 is 0 Å². The van der Waals surface area contributed by atoms with Crippen LogP contribution in [0.25, 0.3) is 0 Å². The lowest BCUT2D eigenvalue weighted by Gasteiger charge is -2.07. The third kappa shape index (κ3) is 5.21. The zero-order chi connectivity index (χ0) is 12.0. The van der Waals surface area contributed by atoms with E-state index in [1.165, 1.54) is 4.90 Å². The average molecular weight is 237 g/mol. The summed E-state index contributed by atoms with van der Waals surface area (Å²) in [5.74, 6) is 0.222. The molecule has 0 bridgehead atoms.